The van der Waals surface area contributed by atoms with E-state index in [1.165, 1.54) is 12.1 Å². The largest absolute Gasteiger partial charge is 0.504 e. The van der Waals surface area contributed by atoms with Crippen LogP contribution in [0.25, 0.3) is 0 Å². The van der Waals surface area contributed by atoms with Gasteiger partial charge in [-0.2, -0.15) is 16.7 Å². The van der Waals surface area contributed by atoms with E-state index in [2.05, 4.69) is 24.0 Å². The molecule has 21 heavy (non-hydrogen) atoms. The van der Waals surface area contributed by atoms with Crippen LogP contribution in [0.3, 0.4) is 0 Å². The van der Waals surface area contributed by atoms with Gasteiger partial charge in [0.25, 0.3) is 0 Å². The third kappa shape index (κ3) is 4.37. The van der Waals surface area contributed by atoms with Gasteiger partial charge in [0.15, 0.2) is 17.3 Å². The van der Waals surface area contributed by atoms with E-state index in [1.54, 1.807) is 17.8 Å². The number of rotatable bonds is 6. The molecule has 0 aliphatic carbocycles. The van der Waals surface area contributed by atoms with Crippen molar-refractivity contribution in [1.29, 1.82) is 0 Å². The van der Waals surface area contributed by atoms with E-state index in [-0.39, 0.29) is 11.5 Å². The minimum absolute atomic E-state index is 0.155. The predicted octanol–water partition coefficient (Wildman–Crippen LogP) is 2.36. The van der Waals surface area contributed by atoms with Crippen LogP contribution in [0.5, 0.6) is 11.5 Å². The molecular weight excluding hydrogens is 290 g/mol. The van der Waals surface area contributed by atoms with Crippen LogP contribution in [0.4, 0.5) is 0 Å². The molecule has 1 heterocycles. The Morgan fingerprint density at radius 3 is 2.71 bits per heavy atom. The van der Waals surface area contributed by atoms with Gasteiger partial charge in [-0.1, -0.05) is 25.1 Å². The number of phenolic OH excluding ortho intramolecular Hbond substituents is 2. The molecule has 2 aromatic rings. The fourth-order valence-corrected chi connectivity index (χ4v) is 2.35. The van der Waals surface area contributed by atoms with E-state index >= 15 is 0 Å². The lowest BCUT2D eigenvalue weighted by Gasteiger charge is -2.07. The van der Waals surface area contributed by atoms with Crippen molar-refractivity contribution in [2.24, 2.45) is 5.73 Å². The molecule has 1 unspecified atom stereocenters. The number of hydrogen-bond acceptors (Lipinski definition) is 7. The fourth-order valence-electron chi connectivity index (χ4n) is 1.76. The van der Waals surface area contributed by atoms with Gasteiger partial charge in [-0.15, -0.1) is 0 Å². The first kappa shape index (κ1) is 15.7. The van der Waals surface area contributed by atoms with Gasteiger partial charge in [-0.3, -0.25) is 0 Å². The molecule has 0 amide bonds. The van der Waals surface area contributed by atoms with Gasteiger partial charge in [-0.05, 0) is 29.4 Å². The maximum Gasteiger partial charge on any atom is 0.243 e. The molecule has 1 aromatic carbocycles. The topological polar surface area (TPSA) is 105 Å². The van der Waals surface area contributed by atoms with Crippen molar-refractivity contribution < 1.29 is 14.7 Å². The summed E-state index contributed by atoms with van der Waals surface area (Å²) < 4.78 is 5.17. The van der Waals surface area contributed by atoms with Crippen LogP contribution in [-0.4, -0.2) is 25.6 Å². The van der Waals surface area contributed by atoms with Gasteiger partial charge >= 0.3 is 0 Å². The Kier molecular flexibility index (Phi) is 5.08. The maximum absolute atomic E-state index is 9.46. The smallest absolute Gasteiger partial charge is 0.243 e. The summed E-state index contributed by atoms with van der Waals surface area (Å²) in [4.78, 5) is 4.28. The Morgan fingerprint density at radius 1 is 1.29 bits per heavy atom. The van der Waals surface area contributed by atoms with Crippen molar-refractivity contribution in [1.82, 2.24) is 10.1 Å². The normalized spacial score (nSPS) is 12.8. The van der Waals surface area contributed by atoms with Crippen LogP contribution in [0.2, 0.25) is 0 Å². The lowest BCUT2D eigenvalue weighted by atomic mass is 10.1. The SMILES string of the molecule is CC(C)SCc1noc(C(N)Cc2ccc(O)c(O)c2)n1. The van der Waals surface area contributed by atoms with Crippen molar-refractivity contribution in [2.45, 2.75) is 37.3 Å². The monoisotopic (exact) mass is 309 g/mol. The molecule has 6 nitrogen and oxygen atoms in total. The first-order valence-electron chi connectivity index (χ1n) is 6.66. The summed E-state index contributed by atoms with van der Waals surface area (Å²) in [5, 5.41) is 23.1. The molecule has 0 aliphatic rings. The molecule has 4 N–H and O–H groups in total. The number of thioether (sulfide) groups is 1. The number of benzene rings is 1. The molecular formula is C14H19N3O3S. The fraction of sp³-hybridized carbons (Fsp3) is 0.429. The van der Waals surface area contributed by atoms with Crippen LogP contribution < -0.4 is 5.73 Å². The molecule has 1 atom stereocenters. The third-order valence-corrected chi connectivity index (χ3v) is 3.93. The molecule has 0 spiro atoms. The average Bonchev–Trinajstić information content (AvgIpc) is 2.89. The van der Waals surface area contributed by atoms with Crippen LogP contribution in [0.15, 0.2) is 22.7 Å². The highest BCUT2D eigenvalue weighted by Gasteiger charge is 2.16. The lowest BCUT2D eigenvalue weighted by molar-refractivity contribution is 0.351. The van der Waals surface area contributed by atoms with Gasteiger partial charge < -0.3 is 20.5 Å². The zero-order valence-corrected chi connectivity index (χ0v) is 12.8. The van der Waals surface area contributed by atoms with Gasteiger partial charge in [0.1, 0.15) is 0 Å². The van der Waals surface area contributed by atoms with Crippen molar-refractivity contribution in [2.75, 3.05) is 0 Å². The quantitative estimate of drug-likeness (QED) is 0.703. The second-order valence-electron chi connectivity index (χ2n) is 5.04. The summed E-state index contributed by atoms with van der Waals surface area (Å²) in [6, 6.07) is 4.15. The van der Waals surface area contributed by atoms with Crippen molar-refractivity contribution in [3.05, 3.63) is 35.5 Å². The molecule has 0 fully saturated rings. The summed E-state index contributed by atoms with van der Waals surface area (Å²) in [5.74, 6) is 1.38. The summed E-state index contributed by atoms with van der Waals surface area (Å²) in [5.41, 5.74) is 6.82. The number of hydrogen-bond donors (Lipinski definition) is 3. The highest BCUT2D eigenvalue weighted by atomic mass is 32.2. The molecule has 0 bridgehead atoms. The molecule has 0 saturated carbocycles. The third-order valence-electron chi connectivity index (χ3n) is 2.84. The molecule has 0 aliphatic heterocycles. The number of nitrogens with zero attached hydrogens (tertiary/aromatic N) is 2. The minimum atomic E-state index is -0.445. The van der Waals surface area contributed by atoms with E-state index in [9.17, 15) is 10.2 Å². The summed E-state index contributed by atoms with van der Waals surface area (Å²) in [7, 11) is 0. The number of aromatic nitrogens is 2. The summed E-state index contributed by atoms with van der Waals surface area (Å²) >= 11 is 1.73. The molecule has 1 aromatic heterocycles. The Balaban J connectivity index is 1.99. The number of nitrogens with two attached hydrogens (primary N) is 1. The van der Waals surface area contributed by atoms with Crippen molar-refractivity contribution in [3.8, 4) is 11.5 Å². The van der Waals surface area contributed by atoms with Crippen molar-refractivity contribution >= 4 is 11.8 Å². The molecule has 0 saturated heterocycles. The zero-order chi connectivity index (χ0) is 15.4. The summed E-state index contributed by atoms with van der Waals surface area (Å²) in [6.07, 6.45) is 0.437. The lowest BCUT2D eigenvalue weighted by Crippen LogP contribution is -2.13. The Morgan fingerprint density at radius 2 is 2.05 bits per heavy atom. The second-order valence-corrected chi connectivity index (χ2v) is 6.61. The second kappa shape index (κ2) is 6.82. The van der Waals surface area contributed by atoms with E-state index in [4.69, 9.17) is 10.3 Å². The Bertz CT molecular complexity index is 601. The zero-order valence-electron chi connectivity index (χ0n) is 12.0. The van der Waals surface area contributed by atoms with Crippen LogP contribution in [0, 0.1) is 0 Å². The van der Waals surface area contributed by atoms with E-state index in [1.807, 2.05) is 0 Å². The van der Waals surface area contributed by atoms with Crippen LogP contribution >= 0.6 is 11.8 Å². The number of phenols is 2. The predicted molar refractivity (Wildman–Crippen MR) is 81.1 cm³/mol. The van der Waals surface area contributed by atoms with Gasteiger partial charge in [-0.25, -0.2) is 0 Å². The van der Waals surface area contributed by atoms with E-state index in [0.29, 0.717) is 29.1 Å². The minimum Gasteiger partial charge on any atom is -0.504 e. The van der Waals surface area contributed by atoms with E-state index in [0.717, 1.165) is 5.56 Å². The summed E-state index contributed by atoms with van der Waals surface area (Å²) in [6.45, 7) is 4.21. The van der Waals surface area contributed by atoms with Crippen LogP contribution in [0.1, 0.15) is 37.2 Å². The Labute approximate surface area is 127 Å². The van der Waals surface area contributed by atoms with Gasteiger partial charge in [0.05, 0.1) is 11.8 Å². The van der Waals surface area contributed by atoms with Crippen molar-refractivity contribution in [3.63, 3.8) is 0 Å². The highest BCUT2D eigenvalue weighted by Crippen LogP contribution is 2.27. The molecule has 0 radical (unpaired) electrons. The Hall–Kier alpha value is -1.73. The average molecular weight is 309 g/mol. The highest BCUT2D eigenvalue weighted by molar-refractivity contribution is 7.99. The first-order valence-corrected chi connectivity index (χ1v) is 7.71. The molecule has 114 valence electrons. The standard InChI is InChI=1S/C14H19N3O3S/c1-8(2)21-7-13-16-14(20-17-13)10(15)5-9-3-4-11(18)12(19)6-9/h3-4,6,8,10,18-19H,5,7,15H2,1-2H3. The van der Waals surface area contributed by atoms with E-state index < -0.39 is 6.04 Å². The molecule has 2 rings (SSSR count). The number of aromatic hydroxyl groups is 2. The van der Waals surface area contributed by atoms with Crippen LogP contribution in [-0.2, 0) is 12.2 Å². The maximum atomic E-state index is 9.46. The first-order chi connectivity index (χ1) is 9.95. The molecule has 7 heteroatoms. The van der Waals surface area contributed by atoms with Gasteiger partial charge in [0, 0.05) is 0 Å². The van der Waals surface area contributed by atoms with Gasteiger partial charge in [0.2, 0.25) is 5.89 Å².